The van der Waals surface area contributed by atoms with Crippen LogP contribution in [-0.4, -0.2) is 43.4 Å². The van der Waals surface area contributed by atoms with E-state index in [4.69, 9.17) is 4.74 Å². The molecule has 3 nitrogen and oxygen atoms in total. The number of hydrogen-bond acceptors (Lipinski definition) is 2. The number of piperidine rings is 1. The van der Waals surface area contributed by atoms with Crippen molar-refractivity contribution in [2.45, 2.75) is 43.6 Å². The lowest BCUT2D eigenvalue weighted by Gasteiger charge is -2.56. The second kappa shape index (κ2) is 5.66. The molecule has 4 heteroatoms. The normalized spacial score (nSPS) is 30.4. The molecule has 2 atom stereocenters. The minimum absolute atomic E-state index is 0. The van der Waals surface area contributed by atoms with Crippen molar-refractivity contribution in [1.82, 2.24) is 0 Å². The Morgan fingerprint density at radius 1 is 1.26 bits per heavy atom. The number of halogens is 1. The molecule has 1 heterocycles. The summed E-state index contributed by atoms with van der Waals surface area (Å²) >= 11 is 0. The number of nitrogens with zero attached hydrogens (tertiary/aromatic N) is 1. The summed E-state index contributed by atoms with van der Waals surface area (Å²) in [5, 5.41) is 10.9. The van der Waals surface area contributed by atoms with Crippen LogP contribution >= 0.6 is 0 Å². The molecule has 1 aliphatic heterocycles. The monoisotopic (exact) mass is 427 g/mol. The average Bonchev–Trinajstić information content (AvgIpc) is 2.51. The first-order valence-electron chi connectivity index (χ1n) is 8.42. The third-order valence-electron chi connectivity index (χ3n) is 6.38. The van der Waals surface area contributed by atoms with Gasteiger partial charge in [-0.25, -0.2) is 0 Å². The zero-order chi connectivity index (χ0) is 15.5. The Morgan fingerprint density at radius 3 is 2.78 bits per heavy atom. The van der Waals surface area contributed by atoms with E-state index in [9.17, 15) is 5.11 Å². The van der Waals surface area contributed by atoms with Crippen molar-refractivity contribution in [3.05, 3.63) is 34.9 Å². The first-order valence-corrected chi connectivity index (χ1v) is 8.42. The molecule has 1 N–H and O–H groups in total. The minimum atomic E-state index is 0. The molecule has 0 aromatic heterocycles. The summed E-state index contributed by atoms with van der Waals surface area (Å²) in [7, 11) is 6.36. The Labute approximate surface area is 155 Å². The fourth-order valence-corrected chi connectivity index (χ4v) is 5.18. The first-order chi connectivity index (χ1) is 10.5. The molecular weight excluding hydrogens is 401 g/mol. The molecule has 1 aromatic rings. The first kappa shape index (κ1) is 17.1. The molecule has 126 valence electrons. The van der Waals surface area contributed by atoms with Gasteiger partial charge in [-0.05, 0) is 36.5 Å². The largest absolute Gasteiger partial charge is 1.00 e. The van der Waals surface area contributed by atoms with Gasteiger partial charge in [0, 0.05) is 23.8 Å². The van der Waals surface area contributed by atoms with Gasteiger partial charge in [0.25, 0.3) is 0 Å². The number of likely N-dealkylation sites (N-methyl/N-ethyl adjacent to an activating group) is 1. The number of methoxy groups -OCH3 is 1. The Bertz CT molecular complexity index is 668. The molecule has 4 rings (SSSR count). The van der Waals surface area contributed by atoms with Crippen molar-refractivity contribution in [2.24, 2.45) is 0 Å². The van der Waals surface area contributed by atoms with E-state index in [0.29, 0.717) is 17.5 Å². The summed E-state index contributed by atoms with van der Waals surface area (Å²) in [5.41, 5.74) is 4.15. The van der Waals surface area contributed by atoms with E-state index in [1.165, 1.54) is 36.9 Å². The number of benzene rings is 1. The zero-order valence-corrected chi connectivity index (χ0v) is 16.4. The summed E-state index contributed by atoms with van der Waals surface area (Å²) in [6, 6.07) is 4.67. The van der Waals surface area contributed by atoms with Gasteiger partial charge in [0.05, 0.1) is 27.7 Å². The number of phenolic OH excluding ortho intramolecular Hbond substituents is 1. The average molecular weight is 427 g/mol. The molecule has 3 aliphatic rings. The molecule has 0 amide bonds. The molecule has 1 fully saturated rings. The zero-order valence-electron chi connectivity index (χ0n) is 14.2. The van der Waals surface area contributed by atoms with E-state index in [0.717, 1.165) is 17.3 Å². The summed E-state index contributed by atoms with van der Waals surface area (Å²) in [6.45, 7) is 1.18. The molecule has 2 aliphatic carbocycles. The summed E-state index contributed by atoms with van der Waals surface area (Å²) in [4.78, 5) is 0. The lowest BCUT2D eigenvalue weighted by molar-refractivity contribution is -0.915. The van der Waals surface area contributed by atoms with Crippen molar-refractivity contribution in [3.8, 4) is 11.5 Å². The maximum absolute atomic E-state index is 10.9. The number of allylic oxidation sites excluding steroid dienone is 1. The highest BCUT2D eigenvalue weighted by molar-refractivity contribution is 5.60. The highest BCUT2D eigenvalue weighted by Crippen LogP contribution is 2.58. The van der Waals surface area contributed by atoms with Gasteiger partial charge in [-0.1, -0.05) is 12.1 Å². The van der Waals surface area contributed by atoms with Crippen LogP contribution in [0.25, 0.3) is 0 Å². The number of phenols is 1. The van der Waals surface area contributed by atoms with Gasteiger partial charge in [0.2, 0.25) is 0 Å². The molecule has 0 spiro atoms. The SMILES string of the molecule is COc1ccc2c(c1O)[C@@]13CCCC=C1[C@@H](C2)[N+](C)(C)CC3.[I-]. The van der Waals surface area contributed by atoms with E-state index in [2.05, 4.69) is 26.2 Å². The molecule has 2 bridgehead atoms. The van der Waals surface area contributed by atoms with Crippen molar-refractivity contribution >= 4 is 0 Å². The van der Waals surface area contributed by atoms with E-state index in [-0.39, 0.29) is 29.4 Å². The van der Waals surface area contributed by atoms with Gasteiger partial charge < -0.3 is 38.3 Å². The highest BCUT2D eigenvalue weighted by Gasteiger charge is 2.55. The number of hydrogen-bond donors (Lipinski definition) is 1. The summed E-state index contributed by atoms with van der Waals surface area (Å²) in [6.07, 6.45) is 8.23. The molecule has 0 saturated carbocycles. The number of likely N-dealkylation sites (tertiary alicyclic amines) is 1. The summed E-state index contributed by atoms with van der Waals surface area (Å²) in [5.74, 6) is 1.01. The quantitative estimate of drug-likeness (QED) is 0.393. The van der Waals surface area contributed by atoms with Crippen molar-refractivity contribution in [1.29, 1.82) is 0 Å². The van der Waals surface area contributed by atoms with Gasteiger partial charge in [-0.2, -0.15) is 0 Å². The van der Waals surface area contributed by atoms with E-state index in [1.807, 2.05) is 6.07 Å². The molecule has 0 radical (unpaired) electrons. The van der Waals surface area contributed by atoms with E-state index in [1.54, 1.807) is 12.7 Å². The molecular formula is C19H26INO2. The van der Waals surface area contributed by atoms with Crippen LogP contribution < -0.4 is 28.7 Å². The topological polar surface area (TPSA) is 29.5 Å². The predicted octanol–water partition coefficient (Wildman–Crippen LogP) is 0.158. The minimum Gasteiger partial charge on any atom is -1.00 e. The van der Waals surface area contributed by atoms with Crippen molar-refractivity contribution in [3.63, 3.8) is 0 Å². The fraction of sp³-hybridized carbons (Fsp3) is 0.579. The van der Waals surface area contributed by atoms with Crippen molar-refractivity contribution in [2.75, 3.05) is 27.7 Å². The fourth-order valence-electron chi connectivity index (χ4n) is 5.18. The number of quaternary nitrogens is 1. The van der Waals surface area contributed by atoms with Crippen LogP contribution in [0.4, 0.5) is 0 Å². The van der Waals surface area contributed by atoms with Crippen molar-refractivity contribution < 1.29 is 38.3 Å². The maximum Gasteiger partial charge on any atom is 0.162 e. The lowest BCUT2D eigenvalue weighted by atomic mass is 9.56. The number of aromatic hydroxyl groups is 1. The predicted molar refractivity (Wildman–Crippen MR) is 87.4 cm³/mol. The second-order valence-electron chi connectivity index (χ2n) is 7.76. The Kier molecular flexibility index (Phi) is 4.20. The van der Waals surface area contributed by atoms with Crippen LogP contribution in [0.3, 0.4) is 0 Å². The van der Waals surface area contributed by atoms with Crippen LogP contribution in [0.2, 0.25) is 0 Å². The molecule has 1 aromatic carbocycles. The van der Waals surface area contributed by atoms with E-state index < -0.39 is 0 Å². The van der Waals surface area contributed by atoms with Crippen LogP contribution in [0.1, 0.15) is 36.8 Å². The molecule has 23 heavy (non-hydrogen) atoms. The third-order valence-corrected chi connectivity index (χ3v) is 6.38. The Balaban J connectivity index is 0.00000156. The van der Waals surface area contributed by atoms with Gasteiger partial charge in [-0.3, -0.25) is 0 Å². The van der Waals surface area contributed by atoms with Crippen LogP contribution in [0.5, 0.6) is 11.5 Å². The van der Waals surface area contributed by atoms with Crippen LogP contribution in [0, 0.1) is 0 Å². The second-order valence-corrected chi connectivity index (χ2v) is 7.76. The standard InChI is InChI=1S/C19H25NO2.HI/c1-20(2)11-10-19-9-5-4-6-14(19)15(20)12-13-7-8-16(22-3)18(21)17(13)19;/h6-8,15H,4-5,9-12H2,1-3H3;1H/t15-,19-;/m1./s1. The van der Waals surface area contributed by atoms with Gasteiger partial charge in [-0.15, -0.1) is 0 Å². The smallest absolute Gasteiger partial charge is 0.162 e. The van der Waals surface area contributed by atoms with Gasteiger partial charge in [0.1, 0.15) is 6.04 Å². The van der Waals surface area contributed by atoms with Crippen LogP contribution in [-0.2, 0) is 11.8 Å². The molecule has 0 unspecified atom stereocenters. The summed E-state index contributed by atoms with van der Waals surface area (Å²) < 4.78 is 6.46. The number of fused-ring (bicyclic) bond motifs is 1. The van der Waals surface area contributed by atoms with Gasteiger partial charge >= 0.3 is 0 Å². The van der Waals surface area contributed by atoms with Crippen LogP contribution in [0.15, 0.2) is 23.8 Å². The molecule has 1 saturated heterocycles. The highest BCUT2D eigenvalue weighted by atomic mass is 127. The Hall–Kier alpha value is -0.750. The maximum atomic E-state index is 10.9. The van der Waals surface area contributed by atoms with E-state index >= 15 is 0 Å². The lowest BCUT2D eigenvalue weighted by Crippen LogP contribution is -3.00. The number of rotatable bonds is 1. The third kappa shape index (κ3) is 2.24. The number of ether oxygens (including phenoxy) is 1. The Morgan fingerprint density at radius 2 is 2.04 bits per heavy atom. The van der Waals surface area contributed by atoms with Gasteiger partial charge in [0.15, 0.2) is 11.5 Å².